The molecule has 1 heterocycles. The van der Waals surface area contributed by atoms with Crippen molar-refractivity contribution in [2.45, 2.75) is 11.1 Å². The predicted molar refractivity (Wildman–Crippen MR) is 107 cm³/mol. The fraction of sp³-hybridized carbons (Fsp3) is 0.294. The Hall–Kier alpha value is -2.08. The third-order valence-corrected chi connectivity index (χ3v) is 6.26. The molecule has 0 saturated heterocycles. The van der Waals surface area contributed by atoms with Crippen LogP contribution in [-0.2, 0) is 16.2 Å². The maximum atomic E-state index is 12.6. The number of aromatic nitrogens is 1. The highest BCUT2D eigenvalue weighted by Crippen LogP contribution is 2.32. The monoisotopic (exact) mass is 484 g/mol. The van der Waals surface area contributed by atoms with Crippen LogP contribution in [0.15, 0.2) is 35.4 Å². The number of hydrogen-bond donors (Lipinski definition) is 2. The molecule has 0 aliphatic heterocycles. The number of halogens is 5. The number of rotatable bonds is 7. The minimum atomic E-state index is -4.56. The molecular formula is C17H17Cl2F3N4O3S. The van der Waals surface area contributed by atoms with Crippen LogP contribution in [0.25, 0.3) is 0 Å². The lowest BCUT2D eigenvalue weighted by Crippen LogP contribution is -2.29. The fourth-order valence-electron chi connectivity index (χ4n) is 2.22. The van der Waals surface area contributed by atoms with E-state index in [9.17, 15) is 26.4 Å². The molecule has 0 aliphatic carbocycles. The van der Waals surface area contributed by atoms with Crippen molar-refractivity contribution < 1.29 is 26.4 Å². The highest BCUT2D eigenvalue weighted by Gasteiger charge is 2.31. The Labute approximate surface area is 181 Å². The number of benzene rings is 1. The van der Waals surface area contributed by atoms with Gasteiger partial charge in [0.1, 0.15) is 5.82 Å². The van der Waals surface area contributed by atoms with Crippen LogP contribution in [0.3, 0.4) is 0 Å². The Kier molecular flexibility index (Phi) is 7.56. The second kappa shape index (κ2) is 9.38. The summed E-state index contributed by atoms with van der Waals surface area (Å²) >= 11 is 11.8. The summed E-state index contributed by atoms with van der Waals surface area (Å²) in [5.41, 5.74) is -1.01. The van der Waals surface area contributed by atoms with Gasteiger partial charge in [-0.25, -0.2) is 17.7 Å². The molecule has 7 nitrogen and oxygen atoms in total. The number of anilines is 1. The summed E-state index contributed by atoms with van der Waals surface area (Å²) in [5, 5.41) is 5.07. The summed E-state index contributed by atoms with van der Waals surface area (Å²) in [6.45, 7) is 0.135. The van der Waals surface area contributed by atoms with Crippen LogP contribution in [0, 0.1) is 0 Å². The van der Waals surface area contributed by atoms with Gasteiger partial charge in [0.05, 0.1) is 26.1 Å². The molecule has 1 amide bonds. The third-order valence-electron chi connectivity index (χ3n) is 3.83. The van der Waals surface area contributed by atoms with Crippen molar-refractivity contribution >= 4 is 45.0 Å². The molecule has 164 valence electrons. The first-order valence-electron chi connectivity index (χ1n) is 8.31. The number of pyridine rings is 1. The molecule has 13 heteroatoms. The normalized spacial score (nSPS) is 12.1. The number of amides is 1. The zero-order valence-corrected chi connectivity index (χ0v) is 18.0. The Morgan fingerprint density at radius 1 is 1.13 bits per heavy atom. The number of hydrogen-bond acceptors (Lipinski definition) is 5. The summed E-state index contributed by atoms with van der Waals surface area (Å²) < 4.78 is 63.3. The molecule has 2 aromatic rings. The van der Waals surface area contributed by atoms with Crippen molar-refractivity contribution in [3.8, 4) is 0 Å². The SMILES string of the molecule is CN(C)S(=O)(=O)c1ccc(Cl)c(C(=O)NCCNc2ncc(C(F)(F)F)cc2Cl)c1. The van der Waals surface area contributed by atoms with Crippen molar-refractivity contribution in [1.29, 1.82) is 0 Å². The Morgan fingerprint density at radius 2 is 1.80 bits per heavy atom. The standard InChI is InChI=1S/C17H17Cl2F3N4O3S/c1-26(2)30(28,29)11-3-4-13(18)12(8-11)16(27)24-6-5-23-15-14(19)7-10(9-25-15)17(20,21)22/h3-4,7-9H,5-6H2,1-2H3,(H,23,25)(H,24,27). The first-order chi connectivity index (χ1) is 13.8. The van der Waals surface area contributed by atoms with Crippen LogP contribution >= 0.6 is 23.2 Å². The summed E-state index contributed by atoms with van der Waals surface area (Å²) in [6.07, 6.45) is -3.92. The molecule has 0 saturated carbocycles. The molecule has 0 radical (unpaired) electrons. The number of nitrogens with zero attached hydrogens (tertiary/aromatic N) is 2. The number of sulfonamides is 1. The van der Waals surface area contributed by atoms with Crippen molar-refractivity contribution in [3.05, 3.63) is 51.6 Å². The van der Waals surface area contributed by atoms with E-state index in [2.05, 4.69) is 15.6 Å². The molecule has 0 spiro atoms. The first-order valence-corrected chi connectivity index (χ1v) is 10.5. The number of carbonyl (C=O) groups is 1. The van der Waals surface area contributed by atoms with Gasteiger partial charge in [0.2, 0.25) is 10.0 Å². The van der Waals surface area contributed by atoms with E-state index >= 15 is 0 Å². The molecular weight excluding hydrogens is 468 g/mol. The van der Waals surface area contributed by atoms with Gasteiger partial charge in [0.15, 0.2) is 0 Å². The van der Waals surface area contributed by atoms with Crippen LogP contribution in [0.1, 0.15) is 15.9 Å². The van der Waals surface area contributed by atoms with E-state index < -0.39 is 27.7 Å². The molecule has 0 unspecified atom stereocenters. The number of carbonyl (C=O) groups excluding carboxylic acids is 1. The minimum Gasteiger partial charge on any atom is -0.367 e. The maximum absolute atomic E-state index is 12.6. The predicted octanol–water partition coefficient (Wildman–Crippen LogP) is 3.50. The molecule has 0 fully saturated rings. The van der Waals surface area contributed by atoms with E-state index in [-0.39, 0.29) is 39.4 Å². The van der Waals surface area contributed by atoms with Crippen LogP contribution in [0.2, 0.25) is 10.0 Å². The van der Waals surface area contributed by atoms with E-state index in [0.717, 1.165) is 16.4 Å². The number of alkyl halides is 3. The Bertz CT molecular complexity index is 1050. The molecule has 0 bridgehead atoms. The quantitative estimate of drug-likeness (QED) is 0.586. The van der Waals surface area contributed by atoms with Crippen LogP contribution in [0.5, 0.6) is 0 Å². The molecule has 0 atom stereocenters. The second-order valence-corrected chi connectivity index (χ2v) is 9.13. The fourth-order valence-corrected chi connectivity index (χ4v) is 3.59. The minimum absolute atomic E-state index is 0.0241. The molecule has 0 aliphatic rings. The number of nitrogens with one attached hydrogen (secondary N) is 2. The van der Waals surface area contributed by atoms with Gasteiger partial charge in [-0.2, -0.15) is 13.2 Å². The van der Waals surface area contributed by atoms with Gasteiger partial charge in [-0.3, -0.25) is 4.79 Å². The van der Waals surface area contributed by atoms with E-state index in [1.807, 2.05) is 0 Å². The van der Waals surface area contributed by atoms with Gasteiger partial charge in [0.25, 0.3) is 5.91 Å². The molecule has 30 heavy (non-hydrogen) atoms. The Morgan fingerprint density at radius 3 is 2.37 bits per heavy atom. The zero-order valence-electron chi connectivity index (χ0n) is 15.7. The summed E-state index contributed by atoms with van der Waals surface area (Å²) in [7, 11) is -1.04. The smallest absolute Gasteiger partial charge is 0.367 e. The van der Waals surface area contributed by atoms with Crippen molar-refractivity contribution in [2.24, 2.45) is 0 Å². The lowest BCUT2D eigenvalue weighted by Gasteiger charge is -2.14. The second-order valence-electron chi connectivity index (χ2n) is 6.16. The summed E-state index contributed by atoms with van der Waals surface area (Å²) in [5.74, 6) is -0.597. The molecule has 1 aromatic carbocycles. The first kappa shape index (κ1) is 24.2. The summed E-state index contributed by atoms with van der Waals surface area (Å²) in [6, 6.07) is 4.49. The van der Waals surface area contributed by atoms with Gasteiger partial charge in [-0.05, 0) is 24.3 Å². The third kappa shape index (κ3) is 5.75. The molecule has 1 aromatic heterocycles. The van der Waals surface area contributed by atoms with E-state index in [1.54, 1.807) is 0 Å². The summed E-state index contributed by atoms with van der Waals surface area (Å²) in [4.78, 5) is 15.9. The lowest BCUT2D eigenvalue weighted by atomic mass is 10.2. The van der Waals surface area contributed by atoms with Gasteiger partial charge in [0, 0.05) is 33.4 Å². The van der Waals surface area contributed by atoms with E-state index in [0.29, 0.717) is 6.20 Å². The van der Waals surface area contributed by atoms with E-state index in [4.69, 9.17) is 23.2 Å². The van der Waals surface area contributed by atoms with Gasteiger partial charge in [-0.15, -0.1) is 0 Å². The van der Waals surface area contributed by atoms with Crippen molar-refractivity contribution in [2.75, 3.05) is 32.5 Å². The Balaban J connectivity index is 2.00. The van der Waals surface area contributed by atoms with Crippen LogP contribution < -0.4 is 10.6 Å². The zero-order chi connectivity index (χ0) is 22.7. The van der Waals surface area contributed by atoms with Crippen molar-refractivity contribution in [3.63, 3.8) is 0 Å². The highest BCUT2D eigenvalue weighted by atomic mass is 35.5. The van der Waals surface area contributed by atoms with Crippen LogP contribution in [-0.4, -0.2) is 50.8 Å². The lowest BCUT2D eigenvalue weighted by molar-refractivity contribution is -0.137. The maximum Gasteiger partial charge on any atom is 0.417 e. The van der Waals surface area contributed by atoms with Gasteiger partial charge >= 0.3 is 6.18 Å². The largest absolute Gasteiger partial charge is 0.417 e. The molecule has 2 rings (SSSR count). The topological polar surface area (TPSA) is 91.4 Å². The van der Waals surface area contributed by atoms with Gasteiger partial charge < -0.3 is 10.6 Å². The average molecular weight is 485 g/mol. The molecule has 2 N–H and O–H groups in total. The van der Waals surface area contributed by atoms with E-state index in [1.165, 1.54) is 26.2 Å². The highest BCUT2D eigenvalue weighted by molar-refractivity contribution is 7.89. The van der Waals surface area contributed by atoms with Crippen molar-refractivity contribution in [1.82, 2.24) is 14.6 Å². The average Bonchev–Trinajstić information content (AvgIpc) is 2.65. The van der Waals surface area contributed by atoms with Crippen LogP contribution in [0.4, 0.5) is 19.0 Å². The van der Waals surface area contributed by atoms with Gasteiger partial charge in [-0.1, -0.05) is 23.2 Å².